The van der Waals surface area contributed by atoms with E-state index in [1.54, 1.807) is 12.1 Å². The molecule has 14 heteroatoms. The summed E-state index contributed by atoms with van der Waals surface area (Å²) in [5.74, 6) is -0.225. The van der Waals surface area contributed by atoms with Gasteiger partial charge >= 0.3 is 6.18 Å². The van der Waals surface area contributed by atoms with E-state index in [9.17, 15) is 31.2 Å². The fourth-order valence-electron chi connectivity index (χ4n) is 2.67. The van der Waals surface area contributed by atoms with Gasteiger partial charge in [-0.1, -0.05) is 29.4 Å². The van der Waals surface area contributed by atoms with Crippen molar-refractivity contribution in [1.82, 2.24) is 9.97 Å². The average Bonchev–Trinajstić information content (AvgIpc) is 2.77. The lowest BCUT2D eigenvalue weighted by atomic mass is 10.2. The molecule has 2 N–H and O–H groups in total. The van der Waals surface area contributed by atoms with Crippen molar-refractivity contribution in [2.45, 2.75) is 21.1 Å². The molecule has 0 spiro atoms. The van der Waals surface area contributed by atoms with Crippen LogP contribution in [-0.4, -0.2) is 37.2 Å². The molecule has 0 unspecified atom stereocenters. The summed E-state index contributed by atoms with van der Waals surface area (Å²) in [5, 5.41) is 2.82. The summed E-state index contributed by atoms with van der Waals surface area (Å²) in [5.41, 5.74) is -1.85. The van der Waals surface area contributed by atoms with E-state index < -0.39 is 42.8 Å². The number of rotatable bonds is 7. The number of benzene rings is 2. The molecule has 0 aliphatic rings. The van der Waals surface area contributed by atoms with Crippen LogP contribution in [-0.2, 0) is 20.8 Å². The van der Waals surface area contributed by atoms with Crippen LogP contribution in [0.5, 0.6) is 5.75 Å². The molecular weight excluding hydrogens is 519 g/mol. The van der Waals surface area contributed by atoms with Gasteiger partial charge < -0.3 is 15.0 Å². The number of H-pyrrole nitrogens is 1. The summed E-state index contributed by atoms with van der Waals surface area (Å²) < 4.78 is 69.1. The molecule has 1 aromatic heterocycles. The minimum absolute atomic E-state index is 0.0593. The number of amides is 1. The van der Waals surface area contributed by atoms with E-state index in [4.69, 9.17) is 16.3 Å². The molecule has 8 nitrogen and oxygen atoms in total. The molecular formula is C20H15ClF3N3O5S2. The number of sulfone groups is 1. The van der Waals surface area contributed by atoms with Crippen LogP contribution in [0, 0.1) is 0 Å². The van der Waals surface area contributed by atoms with E-state index in [2.05, 4.69) is 15.3 Å². The monoisotopic (exact) mass is 533 g/mol. The smallest absolute Gasteiger partial charge is 0.416 e. The van der Waals surface area contributed by atoms with Gasteiger partial charge in [0, 0.05) is 5.69 Å². The number of hydrogen-bond acceptors (Lipinski definition) is 7. The second-order valence-corrected chi connectivity index (χ2v) is 9.89. The van der Waals surface area contributed by atoms with Crippen molar-refractivity contribution >= 4 is 44.8 Å². The summed E-state index contributed by atoms with van der Waals surface area (Å²) >= 11 is 6.81. The van der Waals surface area contributed by atoms with E-state index in [0.29, 0.717) is 23.6 Å². The summed E-state index contributed by atoms with van der Waals surface area (Å²) in [7, 11) is -3.12. The zero-order valence-corrected chi connectivity index (χ0v) is 19.5. The Balaban J connectivity index is 1.72. The Morgan fingerprint density at radius 1 is 1.24 bits per heavy atom. The number of carbonyl (C=O) groups is 1. The van der Waals surface area contributed by atoms with Crippen LogP contribution in [0.1, 0.15) is 5.56 Å². The maximum Gasteiger partial charge on any atom is 0.416 e. The van der Waals surface area contributed by atoms with Crippen molar-refractivity contribution < 1.29 is 31.1 Å². The van der Waals surface area contributed by atoms with Gasteiger partial charge in [-0.05, 0) is 36.4 Å². The maximum atomic E-state index is 12.9. The van der Waals surface area contributed by atoms with Gasteiger partial charge in [0.25, 0.3) is 5.56 Å². The van der Waals surface area contributed by atoms with Crippen LogP contribution in [0.3, 0.4) is 0 Å². The first-order chi connectivity index (χ1) is 15.9. The zero-order valence-electron chi connectivity index (χ0n) is 17.1. The van der Waals surface area contributed by atoms with Crippen molar-refractivity contribution in [3.63, 3.8) is 0 Å². The molecule has 1 heterocycles. The lowest BCUT2D eigenvalue weighted by Gasteiger charge is -2.09. The lowest BCUT2D eigenvalue weighted by Crippen LogP contribution is -2.20. The number of aromatic nitrogens is 2. The van der Waals surface area contributed by atoms with Crippen LogP contribution < -0.4 is 15.6 Å². The summed E-state index contributed by atoms with van der Waals surface area (Å²) in [6, 6.07) is 7.64. The molecule has 3 aromatic rings. The number of alkyl halides is 3. The fraction of sp³-hybridized carbons (Fsp3) is 0.150. The van der Waals surface area contributed by atoms with Gasteiger partial charge in [0.05, 0.1) is 34.5 Å². The molecule has 0 atom stereocenters. The zero-order chi connectivity index (χ0) is 25.1. The summed E-state index contributed by atoms with van der Waals surface area (Å²) in [6.07, 6.45) is -4.02. The topological polar surface area (TPSA) is 118 Å². The quantitative estimate of drug-likeness (QED) is 0.348. The third-order valence-electron chi connectivity index (χ3n) is 4.28. The van der Waals surface area contributed by atoms with Gasteiger partial charge in [-0.25, -0.2) is 13.4 Å². The Morgan fingerprint density at radius 2 is 1.97 bits per heavy atom. The van der Waals surface area contributed by atoms with Gasteiger partial charge in [-0.15, -0.1) is 0 Å². The molecule has 2 aromatic carbocycles. The van der Waals surface area contributed by atoms with Crippen LogP contribution in [0.15, 0.2) is 68.4 Å². The number of halogens is 4. The Labute approximate surface area is 200 Å². The largest absolute Gasteiger partial charge is 0.495 e. The summed E-state index contributed by atoms with van der Waals surface area (Å²) in [4.78, 5) is 29.0. The first kappa shape index (κ1) is 25.6. The highest BCUT2D eigenvalue weighted by atomic mass is 35.5. The Kier molecular flexibility index (Phi) is 7.58. The van der Waals surface area contributed by atoms with Gasteiger partial charge in [-0.3, -0.25) is 9.59 Å². The first-order valence-electron chi connectivity index (χ1n) is 9.19. The SMILES string of the molecule is COc1ccc(NC(=O)CSc2ncc(S(=O)(=O)c3cccc(C(F)(F)F)c3)c(=O)[nH]2)cc1Cl. The molecule has 0 aliphatic heterocycles. The summed E-state index contributed by atoms with van der Waals surface area (Å²) in [6.45, 7) is 0. The highest BCUT2D eigenvalue weighted by molar-refractivity contribution is 7.99. The van der Waals surface area contributed by atoms with Gasteiger partial charge in [-0.2, -0.15) is 13.2 Å². The standard InChI is InChI=1S/C20H15ClF3N3O5S2/c1-32-15-6-5-12(8-14(15)21)26-17(28)10-33-19-25-9-16(18(29)27-19)34(30,31)13-4-2-3-11(7-13)20(22,23)24/h2-9H,10H2,1H3,(H,26,28)(H,25,27,29). The second kappa shape index (κ2) is 10.1. The van der Waals surface area contributed by atoms with Crippen molar-refractivity contribution in [3.8, 4) is 5.75 Å². The number of nitrogens with one attached hydrogen (secondary N) is 2. The number of aromatic amines is 1. The lowest BCUT2D eigenvalue weighted by molar-refractivity contribution is -0.137. The normalized spacial score (nSPS) is 11.8. The van der Waals surface area contributed by atoms with Crippen molar-refractivity contribution in [2.75, 3.05) is 18.2 Å². The fourth-order valence-corrected chi connectivity index (χ4v) is 4.84. The molecule has 0 bridgehead atoms. The highest BCUT2D eigenvalue weighted by Gasteiger charge is 2.32. The molecule has 1 amide bonds. The van der Waals surface area contributed by atoms with Crippen LogP contribution in [0.25, 0.3) is 0 Å². The minimum Gasteiger partial charge on any atom is -0.495 e. The molecule has 0 saturated carbocycles. The molecule has 0 saturated heterocycles. The third-order valence-corrected chi connectivity index (χ3v) is 7.21. The van der Waals surface area contributed by atoms with E-state index >= 15 is 0 Å². The number of nitrogens with zero attached hydrogens (tertiary/aromatic N) is 1. The van der Waals surface area contributed by atoms with Crippen LogP contribution in [0.2, 0.25) is 5.02 Å². The van der Waals surface area contributed by atoms with Gasteiger partial charge in [0.15, 0.2) is 10.1 Å². The van der Waals surface area contributed by atoms with Gasteiger partial charge in [0.1, 0.15) is 5.75 Å². The minimum atomic E-state index is -4.76. The third kappa shape index (κ3) is 5.90. The average molecular weight is 534 g/mol. The molecule has 180 valence electrons. The second-order valence-electron chi connectivity index (χ2n) is 6.60. The number of hydrogen-bond donors (Lipinski definition) is 2. The first-order valence-corrected chi connectivity index (χ1v) is 12.0. The van der Waals surface area contributed by atoms with E-state index in [0.717, 1.165) is 30.1 Å². The Bertz CT molecular complexity index is 1390. The van der Waals surface area contributed by atoms with E-state index in [1.807, 2.05) is 0 Å². The number of methoxy groups -OCH3 is 1. The van der Waals surface area contributed by atoms with Crippen molar-refractivity contribution in [1.29, 1.82) is 0 Å². The van der Waals surface area contributed by atoms with Gasteiger partial charge in [0.2, 0.25) is 15.7 Å². The van der Waals surface area contributed by atoms with E-state index in [-0.39, 0.29) is 15.9 Å². The molecule has 0 aliphatic carbocycles. The van der Waals surface area contributed by atoms with Crippen LogP contribution in [0.4, 0.5) is 18.9 Å². The molecule has 34 heavy (non-hydrogen) atoms. The molecule has 3 rings (SSSR count). The number of thioether (sulfide) groups is 1. The van der Waals surface area contributed by atoms with Crippen molar-refractivity contribution in [3.05, 3.63) is 69.6 Å². The predicted octanol–water partition coefficient (Wildman–Crippen LogP) is 4.01. The molecule has 0 fully saturated rings. The van der Waals surface area contributed by atoms with Crippen molar-refractivity contribution in [2.24, 2.45) is 0 Å². The molecule has 0 radical (unpaired) electrons. The number of anilines is 1. The van der Waals surface area contributed by atoms with E-state index in [1.165, 1.54) is 13.2 Å². The number of carbonyl (C=O) groups excluding carboxylic acids is 1. The van der Waals surface area contributed by atoms with Crippen LogP contribution >= 0.6 is 23.4 Å². The highest BCUT2D eigenvalue weighted by Crippen LogP contribution is 2.31. The Hall–Kier alpha value is -3.03. The Morgan fingerprint density at radius 3 is 2.59 bits per heavy atom. The predicted molar refractivity (Wildman–Crippen MR) is 119 cm³/mol. The number of ether oxygens (including phenoxy) is 1. The maximum absolute atomic E-state index is 12.9.